The van der Waals surface area contributed by atoms with Crippen LogP contribution in [0.4, 0.5) is 5.95 Å². The predicted molar refractivity (Wildman–Crippen MR) is 117 cm³/mol. The Bertz CT molecular complexity index is 989. The number of nitrogens with zero attached hydrogens (tertiary/aromatic N) is 4. The van der Waals surface area contributed by atoms with Gasteiger partial charge in [-0.15, -0.1) is 11.3 Å². The van der Waals surface area contributed by atoms with Gasteiger partial charge in [-0.2, -0.15) is 0 Å². The maximum atomic E-state index is 12.9. The number of hydrogen-bond acceptors (Lipinski definition) is 6. The summed E-state index contributed by atoms with van der Waals surface area (Å²) in [5.74, 6) is 1.36. The number of carbonyl (C=O) groups excluding carboxylic acids is 1. The minimum atomic E-state index is -0.0406. The predicted octanol–water partition coefficient (Wildman–Crippen LogP) is 3.18. The molecule has 8 heteroatoms. The van der Waals surface area contributed by atoms with Gasteiger partial charge in [-0.3, -0.25) is 4.79 Å². The van der Waals surface area contributed by atoms with E-state index in [9.17, 15) is 4.79 Å². The number of ether oxygens (including phenoxy) is 1. The Kier molecular flexibility index (Phi) is 5.50. The first kappa shape index (κ1) is 19.3. The van der Waals surface area contributed by atoms with Gasteiger partial charge < -0.3 is 19.5 Å². The van der Waals surface area contributed by atoms with E-state index in [2.05, 4.69) is 30.9 Å². The molecule has 1 aliphatic heterocycles. The first-order valence-electron chi connectivity index (χ1n) is 10.4. The Hall–Kier alpha value is -2.71. The molecule has 1 saturated carbocycles. The molecule has 2 aliphatic rings. The molecule has 1 N–H and O–H groups in total. The second-order valence-electron chi connectivity index (χ2n) is 7.84. The Balaban J connectivity index is 1.34. The standard InChI is InChI=1S/C22H25N5O2S/c28-21(23-13-19-2-1-9-30-19)20-10-17(15-27(20)14-16-3-4-16)18-11-24-22(25-12-18)26-5-7-29-8-6-26/h1-2,9-12,15-16H,3-8,13-14H2,(H,23,28). The van der Waals surface area contributed by atoms with Crippen molar-refractivity contribution in [1.82, 2.24) is 19.9 Å². The fourth-order valence-corrected chi connectivity index (χ4v) is 4.30. The molecule has 0 atom stereocenters. The molecule has 1 saturated heterocycles. The summed E-state index contributed by atoms with van der Waals surface area (Å²) in [4.78, 5) is 25.3. The number of aromatic nitrogens is 3. The number of rotatable bonds is 7. The summed E-state index contributed by atoms with van der Waals surface area (Å²) in [6.07, 6.45) is 8.23. The molecule has 4 heterocycles. The van der Waals surface area contributed by atoms with E-state index in [0.29, 0.717) is 31.4 Å². The van der Waals surface area contributed by atoms with Crippen molar-refractivity contribution in [3.63, 3.8) is 0 Å². The van der Waals surface area contributed by atoms with E-state index in [0.717, 1.165) is 41.6 Å². The van der Waals surface area contributed by atoms with E-state index in [1.54, 1.807) is 11.3 Å². The highest BCUT2D eigenvalue weighted by molar-refractivity contribution is 7.09. The van der Waals surface area contributed by atoms with Crippen molar-refractivity contribution >= 4 is 23.2 Å². The highest BCUT2D eigenvalue weighted by Crippen LogP contribution is 2.32. The SMILES string of the molecule is O=C(NCc1cccs1)c1cc(-c2cnc(N3CCOCC3)nc2)cn1CC1CC1. The second kappa shape index (κ2) is 8.57. The van der Waals surface area contributed by atoms with Gasteiger partial charge in [-0.05, 0) is 36.3 Å². The van der Waals surface area contributed by atoms with Crippen molar-refractivity contribution in [2.45, 2.75) is 25.9 Å². The maximum Gasteiger partial charge on any atom is 0.268 e. The van der Waals surface area contributed by atoms with Crippen molar-refractivity contribution in [2.75, 3.05) is 31.2 Å². The van der Waals surface area contributed by atoms with Crippen LogP contribution < -0.4 is 10.2 Å². The highest BCUT2D eigenvalue weighted by atomic mass is 32.1. The summed E-state index contributed by atoms with van der Waals surface area (Å²) in [6.45, 7) is 4.47. The quantitative estimate of drug-likeness (QED) is 0.632. The molecule has 2 fully saturated rings. The summed E-state index contributed by atoms with van der Waals surface area (Å²) in [6, 6.07) is 5.99. The van der Waals surface area contributed by atoms with Gasteiger partial charge in [0.15, 0.2) is 0 Å². The van der Waals surface area contributed by atoms with Crippen molar-refractivity contribution in [3.8, 4) is 11.1 Å². The summed E-state index contributed by atoms with van der Waals surface area (Å²) < 4.78 is 7.49. The zero-order chi connectivity index (χ0) is 20.3. The molecule has 0 unspecified atom stereocenters. The monoisotopic (exact) mass is 423 g/mol. The van der Waals surface area contributed by atoms with Crippen molar-refractivity contribution in [2.24, 2.45) is 5.92 Å². The summed E-state index contributed by atoms with van der Waals surface area (Å²) in [7, 11) is 0. The topological polar surface area (TPSA) is 72.3 Å². The zero-order valence-corrected chi connectivity index (χ0v) is 17.6. The Morgan fingerprint density at radius 3 is 2.70 bits per heavy atom. The van der Waals surface area contributed by atoms with Gasteiger partial charge in [-0.1, -0.05) is 6.07 Å². The largest absolute Gasteiger partial charge is 0.378 e. The van der Waals surface area contributed by atoms with Gasteiger partial charge >= 0.3 is 0 Å². The average Bonchev–Trinajstić information content (AvgIpc) is 3.27. The lowest BCUT2D eigenvalue weighted by molar-refractivity contribution is 0.0941. The molecular formula is C22H25N5O2S. The lowest BCUT2D eigenvalue weighted by atomic mass is 10.2. The van der Waals surface area contributed by atoms with Gasteiger partial charge in [0, 0.05) is 54.2 Å². The van der Waals surface area contributed by atoms with Crippen LogP contribution in [0, 0.1) is 5.92 Å². The minimum Gasteiger partial charge on any atom is -0.378 e. The number of hydrogen-bond donors (Lipinski definition) is 1. The maximum absolute atomic E-state index is 12.9. The fourth-order valence-electron chi connectivity index (χ4n) is 3.66. The first-order chi connectivity index (χ1) is 14.8. The van der Waals surface area contributed by atoms with E-state index < -0.39 is 0 Å². The number of anilines is 1. The second-order valence-corrected chi connectivity index (χ2v) is 8.88. The smallest absolute Gasteiger partial charge is 0.268 e. The highest BCUT2D eigenvalue weighted by Gasteiger charge is 2.25. The van der Waals surface area contributed by atoms with Gasteiger partial charge in [0.1, 0.15) is 5.69 Å². The fraction of sp³-hybridized carbons (Fsp3) is 0.409. The van der Waals surface area contributed by atoms with Crippen LogP contribution in [0.25, 0.3) is 11.1 Å². The molecule has 5 rings (SSSR count). The Morgan fingerprint density at radius 2 is 2.00 bits per heavy atom. The third-order valence-electron chi connectivity index (χ3n) is 5.55. The number of morpholine rings is 1. The molecular weight excluding hydrogens is 398 g/mol. The van der Waals surface area contributed by atoms with Crippen molar-refractivity contribution < 1.29 is 9.53 Å². The van der Waals surface area contributed by atoms with Crippen LogP contribution in [0.5, 0.6) is 0 Å². The van der Waals surface area contributed by atoms with Gasteiger partial charge in [-0.25, -0.2) is 9.97 Å². The van der Waals surface area contributed by atoms with Crippen molar-refractivity contribution in [3.05, 3.63) is 52.7 Å². The summed E-state index contributed by atoms with van der Waals surface area (Å²) >= 11 is 1.65. The molecule has 0 aromatic carbocycles. The van der Waals surface area contributed by atoms with Crippen LogP contribution in [0.15, 0.2) is 42.2 Å². The summed E-state index contributed by atoms with van der Waals surface area (Å²) in [5.41, 5.74) is 2.60. The van der Waals surface area contributed by atoms with E-state index in [4.69, 9.17) is 4.74 Å². The third-order valence-corrected chi connectivity index (χ3v) is 6.43. The van der Waals surface area contributed by atoms with Crippen LogP contribution in [0.2, 0.25) is 0 Å². The molecule has 0 bridgehead atoms. The van der Waals surface area contributed by atoms with E-state index in [1.807, 2.05) is 36.0 Å². The van der Waals surface area contributed by atoms with E-state index in [1.165, 1.54) is 12.8 Å². The van der Waals surface area contributed by atoms with Crippen molar-refractivity contribution in [1.29, 1.82) is 0 Å². The van der Waals surface area contributed by atoms with Crippen LogP contribution >= 0.6 is 11.3 Å². The molecule has 3 aromatic heterocycles. The van der Waals surface area contributed by atoms with Crippen LogP contribution in [-0.2, 0) is 17.8 Å². The van der Waals surface area contributed by atoms with Gasteiger partial charge in [0.05, 0.1) is 19.8 Å². The van der Waals surface area contributed by atoms with E-state index >= 15 is 0 Å². The first-order valence-corrected chi connectivity index (χ1v) is 11.3. The van der Waals surface area contributed by atoms with Gasteiger partial charge in [0.2, 0.25) is 5.95 Å². The summed E-state index contributed by atoms with van der Waals surface area (Å²) in [5, 5.41) is 5.08. The molecule has 1 amide bonds. The average molecular weight is 424 g/mol. The lowest BCUT2D eigenvalue weighted by Gasteiger charge is -2.26. The Morgan fingerprint density at radius 1 is 1.20 bits per heavy atom. The zero-order valence-electron chi connectivity index (χ0n) is 16.8. The van der Waals surface area contributed by atoms with E-state index in [-0.39, 0.29) is 5.91 Å². The molecule has 7 nitrogen and oxygen atoms in total. The van der Waals surface area contributed by atoms with Crippen LogP contribution in [0.1, 0.15) is 28.2 Å². The number of amides is 1. The molecule has 30 heavy (non-hydrogen) atoms. The molecule has 0 spiro atoms. The number of nitrogens with one attached hydrogen (secondary N) is 1. The number of thiophene rings is 1. The normalized spacial score (nSPS) is 16.6. The van der Waals surface area contributed by atoms with Gasteiger partial charge in [0.25, 0.3) is 5.91 Å². The molecule has 0 radical (unpaired) electrons. The molecule has 156 valence electrons. The van der Waals surface area contributed by atoms with Crippen LogP contribution in [0.3, 0.4) is 0 Å². The Labute approximate surface area is 179 Å². The number of carbonyl (C=O) groups is 1. The third kappa shape index (κ3) is 4.39. The van der Waals surface area contributed by atoms with Crippen LogP contribution in [-0.4, -0.2) is 46.7 Å². The molecule has 3 aromatic rings. The minimum absolute atomic E-state index is 0.0406. The molecule has 1 aliphatic carbocycles. The lowest BCUT2D eigenvalue weighted by Crippen LogP contribution is -2.37.